The summed E-state index contributed by atoms with van der Waals surface area (Å²) in [5, 5.41) is 6.28. The predicted molar refractivity (Wildman–Crippen MR) is 92.8 cm³/mol. The average Bonchev–Trinajstić information content (AvgIpc) is 2.54. The second-order valence-corrected chi connectivity index (χ2v) is 5.66. The van der Waals surface area contributed by atoms with E-state index in [1.54, 1.807) is 0 Å². The van der Waals surface area contributed by atoms with Gasteiger partial charge in [0, 0.05) is 6.04 Å². The molecule has 0 amide bonds. The summed E-state index contributed by atoms with van der Waals surface area (Å²) in [6.07, 6.45) is 1.21. The number of nitrogens with one attached hydrogen (secondary N) is 1. The Balaban J connectivity index is 1.85. The third-order valence-corrected chi connectivity index (χ3v) is 4.27. The van der Waals surface area contributed by atoms with Crippen LogP contribution in [0, 0.1) is 0 Å². The molecule has 0 saturated heterocycles. The Bertz CT molecular complexity index is 546. The standard InChI is InChI=1S/C19H28N2/c1-4-21(5-2)14-8-13-20-16(3)18-12-11-17-9-6-7-10-19(17)15-18/h6-7,9-12,15-16,20H,4-5,8,13-14H2,1-3H3. The first-order valence-electron chi connectivity index (χ1n) is 8.19. The molecular formula is C19H28N2. The van der Waals surface area contributed by atoms with Crippen molar-refractivity contribution in [2.24, 2.45) is 0 Å². The van der Waals surface area contributed by atoms with Crippen LogP contribution in [-0.2, 0) is 0 Å². The molecule has 0 bridgehead atoms. The molecule has 0 radical (unpaired) electrons. The Morgan fingerprint density at radius 1 is 1.00 bits per heavy atom. The molecule has 0 aliphatic heterocycles. The van der Waals surface area contributed by atoms with Crippen LogP contribution in [0.25, 0.3) is 10.8 Å². The van der Waals surface area contributed by atoms with Gasteiger partial charge in [-0.25, -0.2) is 0 Å². The molecule has 0 aliphatic carbocycles. The van der Waals surface area contributed by atoms with E-state index in [0.717, 1.165) is 19.6 Å². The summed E-state index contributed by atoms with van der Waals surface area (Å²) in [7, 11) is 0. The highest BCUT2D eigenvalue weighted by molar-refractivity contribution is 5.83. The van der Waals surface area contributed by atoms with Gasteiger partial charge >= 0.3 is 0 Å². The molecule has 2 nitrogen and oxygen atoms in total. The summed E-state index contributed by atoms with van der Waals surface area (Å²) in [6.45, 7) is 11.3. The second-order valence-electron chi connectivity index (χ2n) is 5.66. The lowest BCUT2D eigenvalue weighted by Crippen LogP contribution is -2.28. The van der Waals surface area contributed by atoms with Gasteiger partial charge in [-0.3, -0.25) is 0 Å². The van der Waals surface area contributed by atoms with E-state index in [9.17, 15) is 0 Å². The van der Waals surface area contributed by atoms with Crippen molar-refractivity contribution in [3.8, 4) is 0 Å². The highest BCUT2D eigenvalue weighted by Gasteiger charge is 2.05. The minimum atomic E-state index is 0.409. The molecule has 0 aromatic heterocycles. The van der Waals surface area contributed by atoms with Crippen LogP contribution in [-0.4, -0.2) is 31.1 Å². The van der Waals surface area contributed by atoms with Crippen molar-refractivity contribution < 1.29 is 0 Å². The van der Waals surface area contributed by atoms with Crippen molar-refractivity contribution in [3.05, 3.63) is 48.0 Å². The highest BCUT2D eigenvalue weighted by Crippen LogP contribution is 2.20. The lowest BCUT2D eigenvalue weighted by molar-refractivity contribution is 0.296. The van der Waals surface area contributed by atoms with Gasteiger partial charge in [0.2, 0.25) is 0 Å². The first-order chi connectivity index (χ1) is 10.2. The van der Waals surface area contributed by atoms with Gasteiger partial charge in [-0.05, 0) is 61.9 Å². The van der Waals surface area contributed by atoms with Crippen LogP contribution in [0.5, 0.6) is 0 Å². The molecule has 114 valence electrons. The molecule has 1 unspecified atom stereocenters. The number of nitrogens with zero attached hydrogens (tertiary/aromatic N) is 1. The first-order valence-corrected chi connectivity index (χ1v) is 8.19. The van der Waals surface area contributed by atoms with E-state index in [1.807, 2.05) is 0 Å². The molecule has 2 rings (SSSR count). The third kappa shape index (κ3) is 4.55. The van der Waals surface area contributed by atoms with Crippen LogP contribution in [0.2, 0.25) is 0 Å². The SMILES string of the molecule is CCN(CC)CCCNC(C)c1ccc2ccccc2c1. The molecule has 2 heteroatoms. The van der Waals surface area contributed by atoms with E-state index < -0.39 is 0 Å². The average molecular weight is 284 g/mol. The largest absolute Gasteiger partial charge is 0.310 e. The second kappa shape index (κ2) is 8.16. The fourth-order valence-corrected chi connectivity index (χ4v) is 2.76. The van der Waals surface area contributed by atoms with E-state index in [0.29, 0.717) is 6.04 Å². The quantitative estimate of drug-likeness (QED) is 0.730. The summed E-state index contributed by atoms with van der Waals surface area (Å²) in [6, 6.07) is 15.7. The summed E-state index contributed by atoms with van der Waals surface area (Å²) in [5.41, 5.74) is 1.37. The maximum atomic E-state index is 3.64. The first kappa shape index (κ1) is 16.0. The van der Waals surface area contributed by atoms with Crippen LogP contribution in [0.3, 0.4) is 0 Å². The molecule has 2 aromatic rings. The van der Waals surface area contributed by atoms with Crippen molar-refractivity contribution in [1.29, 1.82) is 0 Å². The molecule has 0 saturated carbocycles. The van der Waals surface area contributed by atoms with E-state index in [1.165, 1.54) is 29.3 Å². The number of hydrogen-bond donors (Lipinski definition) is 1. The van der Waals surface area contributed by atoms with Gasteiger partial charge in [0.15, 0.2) is 0 Å². The summed E-state index contributed by atoms with van der Waals surface area (Å²) in [5.74, 6) is 0. The molecular weight excluding hydrogens is 256 g/mol. The Kier molecular flexibility index (Phi) is 6.21. The molecule has 0 spiro atoms. The van der Waals surface area contributed by atoms with Gasteiger partial charge in [-0.15, -0.1) is 0 Å². The lowest BCUT2D eigenvalue weighted by atomic mass is 10.0. The Hall–Kier alpha value is -1.38. The van der Waals surface area contributed by atoms with Crippen molar-refractivity contribution in [2.75, 3.05) is 26.2 Å². The fraction of sp³-hybridized carbons (Fsp3) is 0.474. The zero-order chi connectivity index (χ0) is 15.1. The number of fused-ring (bicyclic) bond motifs is 1. The fourth-order valence-electron chi connectivity index (χ4n) is 2.76. The zero-order valence-corrected chi connectivity index (χ0v) is 13.6. The molecule has 1 atom stereocenters. The highest BCUT2D eigenvalue weighted by atomic mass is 15.1. The van der Waals surface area contributed by atoms with Crippen molar-refractivity contribution in [2.45, 2.75) is 33.2 Å². The molecule has 21 heavy (non-hydrogen) atoms. The smallest absolute Gasteiger partial charge is 0.0292 e. The number of hydrogen-bond acceptors (Lipinski definition) is 2. The van der Waals surface area contributed by atoms with E-state index in [-0.39, 0.29) is 0 Å². The van der Waals surface area contributed by atoms with Gasteiger partial charge in [-0.2, -0.15) is 0 Å². The van der Waals surface area contributed by atoms with E-state index in [4.69, 9.17) is 0 Å². The lowest BCUT2D eigenvalue weighted by Gasteiger charge is -2.19. The van der Waals surface area contributed by atoms with Crippen LogP contribution in [0.4, 0.5) is 0 Å². The van der Waals surface area contributed by atoms with Gasteiger partial charge in [0.05, 0.1) is 0 Å². The van der Waals surface area contributed by atoms with Crippen molar-refractivity contribution >= 4 is 10.8 Å². The van der Waals surface area contributed by atoms with Crippen LogP contribution < -0.4 is 5.32 Å². The Morgan fingerprint density at radius 2 is 1.71 bits per heavy atom. The van der Waals surface area contributed by atoms with E-state index >= 15 is 0 Å². The molecule has 1 N–H and O–H groups in total. The molecule has 0 heterocycles. The van der Waals surface area contributed by atoms with Crippen LogP contribution >= 0.6 is 0 Å². The van der Waals surface area contributed by atoms with Crippen molar-refractivity contribution in [1.82, 2.24) is 10.2 Å². The Labute approximate surface area is 129 Å². The van der Waals surface area contributed by atoms with Crippen LogP contribution in [0.1, 0.15) is 38.8 Å². The van der Waals surface area contributed by atoms with Gasteiger partial charge in [0.25, 0.3) is 0 Å². The van der Waals surface area contributed by atoms with E-state index in [2.05, 4.69) is 73.5 Å². The topological polar surface area (TPSA) is 15.3 Å². The minimum Gasteiger partial charge on any atom is -0.310 e. The van der Waals surface area contributed by atoms with Crippen LogP contribution in [0.15, 0.2) is 42.5 Å². The predicted octanol–water partition coefficient (Wildman–Crippen LogP) is 4.22. The van der Waals surface area contributed by atoms with Gasteiger partial charge in [-0.1, -0.05) is 50.2 Å². The maximum Gasteiger partial charge on any atom is 0.0292 e. The molecule has 2 aromatic carbocycles. The summed E-state index contributed by atoms with van der Waals surface area (Å²) in [4.78, 5) is 2.47. The maximum absolute atomic E-state index is 3.64. The minimum absolute atomic E-state index is 0.409. The van der Waals surface area contributed by atoms with Gasteiger partial charge < -0.3 is 10.2 Å². The van der Waals surface area contributed by atoms with Gasteiger partial charge in [0.1, 0.15) is 0 Å². The normalized spacial score (nSPS) is 13.0. The zero-order valence-electron chi connectivity index (χ0n) is 13.6. The third-order valence-electron chi connectivity index (χ3n) is 4.27. The molecule has 0 aliphatic rings. The summed E-state index contributed by atoms with van der Waals surface area (Å²) < 4.78 is 0. The Morgan fingerprint density at radius 3 is 2.43 bits per heavy atom. The number of benzene rings is 2. The number of rotatable bonds is 8. The summed E-state index contributed by atoms with van der Waals surface area (Å²) >= 11 is 0. The van der Waals surface area contributed by atoms with Crippen molar-refractivity contribution in [3.63, 3.8) is 0 Å². The monoisotopic (exact) mass is 284 g/mol. The molecule has 0 fully saturated rings.